The van der Waals surface area contributed by atoms with E-state index in [1.54, 1.807) is 6.07 Å². The molecule has 0 saturated carbocycles. The summed E-state index contributed by atoms with van der Waals surface area (Å²) < 4.78 is 0. The third-order valence-electron chi connectivity index (χ3n) is 2.61. The quantitative estimate of drug-likeness (QED) is 0.721. The fourth-order valence-electron chi connectivity index (χ4n) is 1.29. The molecule has 1 heteroatoms. The van der Waals surface area contributed by atoms with Crippen molar-refractivity contribution in [1.82, 2.24) is 0 Å². The van der Waals surface area contributed by atoms with Crippen LogP contribution in [0.3, 0.4) is 0 Å². The lowest BCUT2D eigenvalue weighted by molar-refractivity contribution is 0.468. The summed E-state index contributed by atoms with van der Waals surface area (Å²) in [6, 6.07) is 7.54. The summed E-state index contributed by atoms with van der Waals surface area (Å²) in [4.78, 5) is 0. The monoisotopic (exact) mass is 190 g/mol. The van der Waals surface area contributed by atoms with Gasteiger partial charge in [0.05, 0.1) is 0 Å². The molecule has 0 fully saturated rings. The maximum Gasteiger partial charge on any atom is 0.118 e. The van der Waals surface area contributed by atoms with E-state index in [0.717, 1.165) is 18.4 Å². The molecule has 1 rings (SSSR count). The summed E-state index contributed by atoms with van der Waals surface area (Å²) in [6.07, 6.45) is 1.95. The summed E-state index contributed by atoms with van der Waals surface area (Å²) in [6.45, 7) is 6.40. The van der Waals surface area contributed by atoms with Gasteiger partial charge in [0, 0.05) is 0 Å². The van der Waals surface area contributed by atoms with Gasteiger partial charge in [-0.05, 0) is 45.2 Å². The zero-order chi connectivity index (χ0) is 10.6. The van der Waals surface area contributed by atoms with Crippen molar-refractivity contribution in [2.24, 2.45) is 0 Å². The molecule has 0 heterocycles. The summed E-state index contributed by atoms with van der Waals surface area (Å²) >= 11 is 0. The van der Waals surface area contributed by atoms with Crippen molar-refractivity contribution in [3.63, 3.8) is 0 Å². The Balaban J connectivity index is 2.63. The fourth-order valence-corrected chi connectivity index (χ4v) is 1.29. The molecule has 0 amide bonds. The van der Waals surface area contributed by atoms with Crippen molar-refractivity contribution in [2.45, 2.75) is 33.6 Å². The van der Waals surface area contributed by atoms with E-state index in [1.165, 1.54) is 11.1 Å². The topological polar surface area (TPSA) is 20.2 Å². The van der Waals surface area contributed by atoms with Crippen LogP contribution in [0, 0.1) is 0 Å². The number of hydrogen-bond acceptors (Lipinski definition) is 1. The Hall–Kier alpha value is -1.24. The van der Waals surface area contributed by atoms with E-state index < -0.39 is 0 Å². The largest absolute Gasteiger partial charge is 0.508 e. The highest BCUT2D eigenvalue weighted by molar-refractivity contribution is 5.32. The van der Waals surface area contributed by atoms with Crippen molar-refractivity contribution < 1.29 is 5.11 Å². The van der Waals surface area contributed by atoms with Crippen molar-refractivity contribution >= 4 is 0 Å². The number of rotatable bonds is 3. The molecule has 0 unspecified atom stereocenters. The Morgan fingerprint density at radius 2 is 1.79 bits per heavy atom. The first-order valence-electron chi connectivity index (χ1n) is 5.01. The molecule has 1 aromatic rings. The second kappa shape index (κ2) is 4.85. The van der Waals surface area contributed by atoms with Crippen molar-refractivity contribution in [2.75, 3.05) is 0 Å². The molecule has 0 atom stereocenters. The predicted octanol–water partition coefficient (Wildman–Crippen LogP) is 3.68. The van der Waals surface area contributed by atoms with Crippen LogP contribution in [0.1, 0.15) is 32.8 Å². The molecule has 0 aliphatic carbocycles. The van der Waals surface area contributed by atoms with Gasteiger partial charge in [-0.3, -0.25) is 0 Å². The predicted molar refractivity (Wildman–Crippen MR) is 60.5 cm³/mol. The smallest absolute Gasteiger partial charge is 0.118 e. The third-order valence-corrected chi connectivity index (χ3v) is 2.61. The SMILES string of the molecule is CC(C)=C(C)CCc1ccccc1O. The van der Waals surface area contributed by atoms with Gasteiger partial charge in [-0.15, -0.1) is 0 Å². The molecule has 1 aromatic carbocycles. The fraction of sp³-hybridized carbons (Fsp3) is 0.385. The van der Waals surface area contributed by atoms with Crippen LogP contribution < -0.4 is 0 Å². The van der Waals surface area contributed by atoms with Crippen molar-refractivity contribution in [1.29, 1.82) is 0 Å². The highest BCUT2D eigenvalue weighted by Gasteiger charge is 2.00. The Kier molecular flexibility index (Phi) is 3.75. The number of phenols is 1. The normalized spacial score (nSPS) is 9.93. The minimum absolute atomic E-state index is 0.411. The molecule has 0 spiro atoms. The highest BCUT2D eigenvalue weighted by Crippen LogP contribution is 2.19. The van der Waals surface area contributed by atoms with Gasteiger partial charge in [0.2, 0.25) is 0 Å². The first kappa shape index (κ1) is 10.8. The molecule has 0 saturated heterocycles. The summed E-state index contributed by atoms with van der Waals surface area (Å²) in [5, 5.41) is 9.55. The molecule has 1 nitrogen and oxygen atoms in total. The van der Waals surface area contributed by atoms with E-state index in [0.29, 0.717) is 5.75 Å². The molecule has 0 radical (unpaired) electrons. The second-order valence-electron chi connectivity index (χ2n) is 3.91. The molecule has 0 aliphatic rings. The Morgan fingerprint density at radius 1 is 1.14 bits per heavy atom. The second-order valence-corrected chi connectivity index (χ2v) is 3.91. The van der Waals surface area contributed by atoms with Gasteiger partial charge in [0.1, 0.15) is 5.75 Å². The van der Waals surface area contributed by atoms with Crippen LogP contribution in [-0.2, 0) is 6.42 Å². The Bertz CT molecular complexity index is 333. The number of aromatic hydroxyl groups is 1. The number of hydrogen-bond donors (Lipinski definition) is 1. The average Bonchev–Trinajstić information content (AvgIpc) is 2.16. The van der Waals surface area contributed by atoms with Crippen molar-refractivity contribution in [3.05, 3.63) is 41.0 Å². The van der Waals surface area contributed by atoms with Crippen LogP contribution >= 0.6 is 0 Å². The van der Waals surface area contributed by atoms with E-state index in [2.05, 4.69) is 20.8 Å². The molecule has 76 valence electrons. The first-order valence-corrected chi connectivity index (χ1v) is 5.01. The lowest BCUT2D eigenvalue weighted by atomic mass is 10.0. The van der Waals surface area contributed by atoms with E-state index in [1.807, 2.05) is 18.2 Å². The van der Waals surface area contributed by atoms with E-state index in [4.69, 9.17) is 0 Å². The number of allylic oxidation sites excluding steroid dienone is 2. The van der Waals surface area contributed by atoms with Crippen LogP contribution in [0.4, 0.5) is 0 Å². The molecule has 0 aromatic heterocycles. The molecule has 0 aliphatic heterocycles. The van der Waals surface area contributed by atoms with Gasteiger partial charge in [0.15, 0.2) is 0 Å². The lowest BCUT2D eigenvalue weighted by Crippen LogP contribution is -1.88. The average molecular weight is 190 g/mol. The van der Waals surface area contributed by atoms with Gasteiger partial charge in [0.25, 0.3) is 0 Å². The summed E-state index contributed by atoms with van der Waals surface area (Å²) in [5.74, 6) is 0.411. The minimum atomic E-state index is 0.411. The third kappa shape index (κ3) is 2.91. The van der Waals surface area contributed by atoms with E-state index >= 15 is 0 Å². The number of phenolic OH excluding ortho intramolecular Hbond substituents is 1. The van der Waals surface area contributed by atoms with Crippen LogP contribution in [0.15, 0.2) is 35.4 Å². The lowest BCUT2D eigenvalue weighted by Gasteiger charge is -2.05. The van der Waals surface area contributed by atoms with Crippen LogP contribution in [0.5, 0.6) is 5.75 Å². The van der Waals surface area contributed by atoms with Crippen molar-refractivity contribution in [3.8, 4) is 5.75 Å². The maximum atomic E-state index is 9.55. The van der Waals surface area contributed by atoms with Crippen LogP contribution in [0.2, 0.25) is 0 Å². The molecular formula is C13H18O. The van der Waals surface area contributed by atoms with E-state index in [9.17, 15) is 5.11 Å². The standard InChI is InChI=1S/C13H18O/c1-10(2)11(3)8-9-12-6-4-5-7-13(12)14/h4-7,14H,8-9H2,1-3H3. The highest BCUT2D eigenvalue weighted by atomic mass is 16.3. The van der Waals surface area contributed by atoms with E-state index in [-0.39, 0.29) is 0 Å². The maximum absolute atomic E-state index is 9.55. The molecular weight excluding hydrogens is 172 g/mol. The Labute approximate surface area is 86.1 Å². The van der Waals surface area contributed by atoms with Gasteiger partial charge in [-0.25, -0.2) is 0 Å². The van der Waals surface area contributed by atoms with Gasteiger partial charge in [-0.1, -0.05) is 29.3 Å². The van der Waals surface area contributed by atoms with Gasteiger partial charge in [-0.2, -0.15) is 0 Å². The molecule has 14 heavy (non-hydrogen) atoms. The minimum Gasteiger partial charge on any atom is -0.508 e. The van der Waals surface area contributed by atoms with Crippen LogP contribution in [-0.4, -0.2) is 5.11 Å². The zero-order valence-corrected chi connectivity index (χ0v) is 9.17. The summed E-state index contributed by atoms with van der Waals surface area (Å²) in [7, 11) is 0. The molecule has 1 N–H and O–H groups in total. The zero-order valence-electron chi connectivity index (χ0n) is 9.17. The number of aryl methyl sites for hydroxylation is 1. The first-order chi connectivity index (χ1) is 6.61. The molecule has 0 bridgehead atoms. The number of benzene rings is 1. The number of para-hydroxylation sites is 1. The van der Waals surface area contributed by atoms with Gasteiger partial charge < -0.3 is 5.11 Å². The Morgan fingerprint density at radius 3 is 2.36 bits per heavy atom. The van der Waals surface area contributed by atoms with Gasteiger partial charge >= 0.3 is 0 Å². The van der Waals surface area contributed by atoms with Crippen LogP contribution in [0.25, 0.3) is 0 Å². The summed E-state index contributed by atoms with van der Waals surface area (Å²) in [5.41, 5.74) is 3.82.